The van der Waals surface area contributed by atoms with Crippen LogP contribution < -0.4 is 5.46 Å². The molecule has 0 atom stereocenters. The first-order chi connectivity index (χ1) is 19.6. The van der Waals surface area contributed by atoms with Gasteiger partial charge in [0.1, 0.15) is 0 Å². The molecule has 0 spiro atoms. The van der Waals surface area contributed by atoms with Gasteiger partial charge >= 0.3 is 7.12 Å². The van der Waals surface area contributed by atoms with Crippen molar-refractivity contribution in [1.29, 1.82) is 0 Å². The van der Waals surface area contributed by atoms with E-state index in [0.29, 0.717) is 13.2 Å². The number of hydrogen-bond acceptors (Lipinski definition) is 2. The van der Waals surface area contributed by atoms with Crippen LogP contribution in [0.4, 0.5) is 0 Å². The third-order valence-corrected chi connectivity index (χ3v) is 8.45. The summed E-state index contributed by atoms with van der Waals surface area (Å²) >= 11 is 0. The summed E-state index contributed by atoms with van der Waals surface area (Å²) in [6.45, 7) is 5.74. The molecule has 7 aromatic carbocycles. The molecule has 3 heteroatoms. The molecule has 1 heterocycles. The zero-order chi connectivity index (χ0) is 26.8. The molecule has 0 saturated carbocycles. The van der Waals surface area contributed by atoms with Gasteiger partial charge in [-0.2, -0.15) is 0 Å². The summed E-state index contributed by atoms with van der Waals surface area (Å²) in [6, 6.07) is 42.1. The second kappa shape index (κ2) is 8.92. The van der Waals surface area contributed by atoms with E-state index in [1.165, 1.54) is 65.0 Å². The number of benzene rings is 7. The molecular weight excluding hydrogens is 487 g/mol. The molecule has 1 aliphatic rings. The van der Waals surface area contributed by atoms with Gasteiger partial charge in [0.05, 0.1) is 0 Å². The highest BCUT2D eigenvalue weighted by Gasteiger charge is 2.33. The van der Waals surface area contributed by atoms with Gasteiger partial charge < -0.3 is 9.31 Å². The standard InChI is InChI=1S/C37H29BO2/c1-37(2)22-39-38(40-23-37)26-11-9-10-24(20-26)25-18-19-30-29-14-5-7-16-32(29)35-31-15-6-3-12-27(31)28-13-4-8-17-33(28)36(35)34(30)21-25/h3-21H,22-23H2,1-2H3. The van der Waals surface area contributed by atoms with E-state index < -0.39 is 0 Å². The predicted octanol–water partition coefficient (Wildman–Crippen LogP) is 8.89. The van der Waals surface area contributed by atoms with Crippen LogP contribution in [0.1, 0.15) is 13.8 Å². The summed E-state index contributed by atoms with van der Waals surface area (Å²) in [5.41, 5.74) is 3.47. The van der Waals surface area contributed by atoms with E-state index in [2.05, 4.69) is 129 Å². The van der Waals surface area contributed by atoms with E-state index in [1.807, 2.05) is 0 Å². The summed E-state index contributed by atoms with van der Waals surface area (Å²) < 4.78 is 12.2. The molecule has 0 bridgehead atoms. The van der Waals surface area contributed by atoms with Crippen LogP contribution in [0, 0.1) is 5.41 Å². The van der Waals surface area contributed by atoms with Crippen molar-refractivity contribution in [2.24, 2.45) is 5.41 Å². The van der Waals surface area contributed by atoms with E-state index in [4.69, 9.17) is 9.31 Å². The Morgan fingerprint density at radius 1 is 0.475 bits per heavy atom. The Morgan fingerprint density at radius 3 is 1.52 bits per heavy atom. The third-order valence-electron chi connectivity index (χ3n) is 8.45. The summed E-state index contributed by atoms with van der Waals surface area (Å²) in [5, 5.41) is 13.0. The molecule has 1 aliphatic heterocycles. The van der Waals surface area contributed by atoms with Crippen LogP contribution in [-0.4, -0.2) is 20.3 Å². The Balaban J connectivity index is 1.42. The molecule has 1 saturated heterocycles. The first-order valence-electron chi connectivity index (χ1n) is 14.1. The van der Waals surface area contributed by atoms with Crippen molar-refractivity contribution in [3.8, 4) is 11.1 Å². The van der Waals surface area contributed by atoms with Crippen molar-refractivity contribution >= 4 is 66.4 Å². The van der Waals surface area contributed by atoms with Crippen molar-refractivity contribution < 1.29 is 9.31 Å². The van der Waals surface area contributed by atoms with Crippen molar-refractivity contribution in [1.82, 2.24) is 0 Å². The van der Waals surface area contributed by atoms with Gasteiger partial charge in [-0.25, -0.2) is 0 Å². The summed E-state index contributed by atoms with van der Waals surface area (Å²) in [5.74, 6) is 0. The number of rotatable bonds is 2. The van der Waals surface area contributed by atoms with Gasteiger partial charge in [0, 0.05) is 18.6 Å². The van der Waals surface area contributed by atoms with Crippen LogP contribution in [0.3, 0.4) is 0 Å². The van der Waals surface area contributed by atoms with Crippen LogP contribution in [0.2, 0.25) is 0 Å². The lowest BCUT2D eigenvalue weighted by molar-refractivity contribution is 0.0343. The van der Waals surface area contributed by atoms with Gasteiger partial charge in [-0.3, -0.25) is 0 Å². The number of fused-ring (bicyclic) bond motifs is 11. The lowest BCUT2D eigenvalue weighted by Gasteiger charge is -2.33. The molecular formula is C37H29BO2. The SMILES string of the molecule is CC1(C)COB(c2cccc(-c3ccc4c5ccccc5c5c6ccccc6c6ccccc6c5c4c3)c2)OC1. The Bertz CT molecular complexity index is 2080. The summed E-state index contributed by atoms with van der Waals surface area (Å²) in [7, 11) is -0.325. The monoisotopic (exact) mass is 516 g/mol. The van der Waals surface area contributed by atoms with Crippen LogP contribution >= 0.6 is 0 Å². The fraction of sp³-hybridized carbons (Fsp3) is 0.135. The first-order valence-corrected chi connectivity index (χ1v) is 14.1. The Kier molecular flexibility index (Phi) is 5.28. The Morgan fingerprint density at radius 2 is 0.950 bits per heavy atom. The van der Waals surface area contributed by atoms with Crippen molar-refractivity contribution in [3.63, 3.8) is 0 Å². The molecule has 0 radical (unpaired) electrons. The molecule has 0 aromatic heterocycles. The molecule has 0 N–H and O–H groups in total. The zero-order valence-corrected chi connectivity index (χ0v) is 22.8. The van der Waals surface area contributed by atoms with Crippen LogP contribution in [0.15, 0.2) is 115 Å². The average molecular weight is 516 g/mol. The van der Waals surface area contributed by atoms with Crippen molar-refractivity contribution in [2.45, 2.75) is 13.8 Å². The fourth-order valence-electron chi connectivity index (χ4n) is 6.55. The van der Waals surface area contributed by atoms with Crippen molar-refractivity contribution in [3.05, 3.63) is 115 Å². The predicted molar refractivity (Wildman–Crippen MR) is 170 cm³/mol. The highest BCUT2D eigenvalue weighted by atomic mass is 16.6. The molecule has 2 nitrogen and oxygen atoms in total. The van der Waals surface area contributed by atoms with E-state index in [9.17, 15) is 0 Å². The molecule has 40 heavy (non-hydrogen) atoms. The third kappa shape index (κ3) is 3.66. The zero-order valence-electron chi connectivity index (χ0n) is 22.8. The molecule has 0 aliphatic carbocycles. The van der Waals surface area contributed by atoms with E-state index >= 15 is 0 Å². The lowest BCUT2D eigenvalue weighted by atomic mass is 9.75. The first kappa shape index (κ1) is 23.7. The largest absolute Gasteiger partial charge is 0.493 e. The molecule has 0 unspecified atom stereocenters. The normalized spacial score (nSPS) is 15.5. The van der Waals surface area contributed by atoms with Crippen molar-refractivity contribution in [2.75, 3.05) is 13.2 Å². The second-order valence-corrected chi connectivity index (χ2v) is 11.9. The van der Waals surface area contributed by atoms with Gasteiger partial charge in [0.15, 0.2) is 0 Å². The molecule has 8 rings (SSSR count). The maximum absolute atomic E-state index is 6.11. The number of hydrogen-bond donors (Lipinski definition) is 0. The van der Waals surface area contributed by atoms with Gasteiger partial charge in [-0.15, -0.1) is 0 Å². The molecule has 0 amide bonds. The molecule has 7 aromatic rings. The van der Waals surface area contributed by atoms with E-state index in [1.54, 1.807) is 0 Å². The van der Waals surface area contributed by atoms with Gasteiger partial charge in [-0.05, 0) is 76.5 Å². The second-order valence-electron chi connectivity index (χ2n) is 11.9. The van der Waals surface area contributed by atoms with Crippen LogP contribution in [0.25, 0.3) is 65.0 Å². The minimum atomic E-state index is -0.325. The van der Waals surface area contributed by atoms with Crippen LogP contribution in [-0.2, 0) is 9.31 Å². The van der Waals surface area contributed by atoms with Crippen LogP contribution in [0.5, 0.6) is 0 Å². The minimum Gasteiger partial charge on any atom is -0.407 e. The quantitative estimate of drug-likeness (QED) is 0.169. The minimum absolute atomic E-state index is 0.0449. The van der Waals surface area contributed by atoms with E-state index in [-0.39, 0.29) is 12.5 Å². The highest BCUT2D eigenvalue weighted by Crippen LogP contribution is 2.44. The lowest BCUT2D eigenvalue weighted by Crippen LogP contribution is -2.47. The molecule has 192 valence electrons. The van der Waals surface area contributed by atoms with Gasteiger partial charge in [0.25, 0.3) is 0 Å². The van der Waals surface area contributed by atoms with Gasteiger partial charge in [0.2, 0.25) is 0 Å². The Hall–Kier alpha value is -4.18. The Labute approximate surface area is 234 Å². The summed E-state index contributed by atoms with van der Waals surface area (Å²) in [6.07, 6.45) is 0. The molecule has 1 fully saturated rings. The topological polar surface area (TPSA) is 18.5 Å². The maximum atomic E-state index is 6.11. The van der Waals surface area contributed by atoms with Gasteiger partial charge in [-0.1, -0.05) is 123 Å². The maximum Gasteiger partial charge on any atom is 0.493 e. The average Bonchev–Trinajstić information content (AvgIpc) is 3.00. The highest BCUT2D eigenvalue weighted by molar-refractivity contribution is 6.61. The summed E-state index contributed by atoms with van der Waals surface area (Å²) in [4.78, 5) is 0. The van der Waals surface area contributed by atoms with E-state index in [0.717, 1.165) is 5.46 Å². The fourth-order valence-corrected chi connectivity index (χ4v) is 6.55. The smallest absolute Gasteiger partial charge is 0.407 e.